The first-order valence-corrected chi connectivity index (χ1v) is 10.8. The summed E-state index contributed by atoms with van der Waals surface area (Å²) in [5, 5.41) is 13.4. The van der Waals surface area contributed by atoms with E-state index in [1.165, 1.54) is 27.5 Å². The highest BCUT2D eigenvalue weighted by molar-refractivity contribution is 6.96. The topological polar surface area (TPSA) is 20.2 Å². The number of benzene rings is 1. The highest BCUT2D eigenvalue weighted by atomic mass is 28.3. The van der Waals surface area contributed by atoms with E-state index < -0.39 is 8.07 Å². The van der Waals surface area contributed by atoms with Crippen molar-refractivity contribution in [3.05, 3.63) is 45.2 Å². The molecule has 0 fully saturated rings. The standard InChI is InChI=1S/C19H28OSi/c1-11-9-12(2)18(20)17(10-11)21(7,8)19-15(5)13(3)14(4)16(19)6/h9-10,15,20H,1-8H3. The normalized spacial score (nSPS) is 19.7. The minimum absolute atomic E-state index is 0.506. The van der Waals surface area contributed by atoms with Gasteiger partial charge in [0.1, 0.15) is 13.8 Å². The van der Waals surface area contributed by atoms with E-state index in [1.54, 1.807) is 5.20 Å². The van der Waals surface area contributed by atoms with E-state index in [0.29, 0.717) is 11.7 Å². The van der Waals surface area contributed by atoms with Crippen LogP contribution in [0.1, 0.15) is 38.8 Å². The summed E-state index contributed by atoms with van der Waals surface area (Å²) in [4.78, 5) is 0. The Hall–Kier alpha value is -1.28. The van der Waals surface area contributed by atoms with Gasteiger partial charge in [-0.1, -0.05) is 54.1 Å². The fraction of sp³-hybridized carbons (Fsp3) is 0.474. The summed E-state index contributed by atoms with van der Waals surface area (Å²) in [6.07, 6.45) is 0. The molecule has 0 amide bonds. The van der Waals surface area contributed by atoms with Crippen LogP contribution in [0.4, 0.5) is 0 Å². The summed E-state index contributed by atoms with van der Waals surface area (Å²) in [5.41, 5.74) is 6.63. The summed E-state index contributed by atoms with van der Waals surface area (Å²) in [6.45, 7) is 17.9. The van der Waals surface area contributed by atoms with Crippen molar-refractivity contribution in [1.29, 1.82) is 0 Å². The molecule has 0 bridgehead atoms. The van der Waals surface area contributed by atoms with Crippen LogP contribution in [-0.4, -0.2) is 13.2 Å². The Kier molecular flexibility index (Phi) is 3.96. The molecule has 1 aromatic carbocycles. The molecule has 1 atom stereocenters. The van der Waals surface area contributed by atoms with E-state index in [1.807, 2.05) is 6.92 Å². The van der Waals surface area contributed by atoms with Gasteiger partial charge in [0.25, 0.3) is 0 Å². The number of hydrogen-bond donors (Lipinski definition) is 1. The third-order valence-electron chi connectivity index (χ3n) is 5.43. The van der Waals surface area contributed by atoms with Crippen LogP contribution in [0.5, 0.6) is 5.75 Å². The van der Waals surface area contributed by atoms with Crippen molar-refractivity contribution in [2.75, 3.05) is 0 Å². The van der Waals surface area contributed by atoms with Gasteiger partial charge in [-0.05, 0) is 56.9 Å². The molecule has 1 aliphatic rings. The molecule has 114 valence electrons. The highest BCUT2D eigenvalue weighted by Crippen LogP contribution is 2.42. The second kappa shape index (κ2) is 5.17. The van der Waals surface area contributed by atoms with E-state index >= 15 is 0 Å². The lowest BCUT2D eigenvalue weighted by Crippen LogP contribution is -2.46. The number of rotatable bonds is 2. The van der Waals surface area contributed by atoms with Crippen molar-refractivity contribution in [3.8, 4) is 5.75 Å². The quantitative estimate of drug-likeness (QED) is 0.780. The van der Waals surface area contributed by atoms with Gasteiger partial charge in [-0.15, -0.1) is 0 Å². The van der Waals surface area contributed by atoms with Crippen LogP contribution in [0.15, 0.2) is 34.0 Å². The highest BCUT2D eigenvalue weighted by Gasteiger charge is 2.39. The van der Waals surface area contributed by atoms with Crippen LogP contribution in [0.25, 0.3) is 0 Å². The zero-order valence-corrected chi connectivity index (χ0v) is 15.7. The SMILES string of the molecule is CC1=C(C)C(C)C([Si](C)(C)c2cc(C)cc(C)c2O)=C1C. The van der Waals surface area contributed by atoms with E-state index in [9.17, 15) is 5.11 Å². The Labute approximate surface area is 130 Å². The fourth-order valence-electron chi connectivity index (χ4n) is 3.96. The largest absolute Gasteiger partial charge is 0.508 e. The Balaban J connectivity index is 2.65. The van der Waals surface area contributed by atoms with Crippen molar-refractivity contribution in [1.82, 2.24) is 0 Å². The monoisotopic (exact) mass is 300 g/mol. The van der Waals surface area contributed by atoms with Crippen LogP contribution in [0, 0.1) is 19.8 Å². The number of aromatic hydroxyl groups is 1. The molecule has 0 radical (unpaired) electrons. The maximum Gasteiger partial charge on any atom is 0.118 e. The van der Waals surface area contributed by atoms with Crippen molar-refractivity contribution < 1.29 is 5.11 Å². The molecule has 0 aromatic heterocycles. The molecule has 1 N–H and O–H groups in total. The third kappa shape index (κ3) is 2.40. The van der Waals surface area contributed by atoms with E-state index in [0.717, 1.165) is 5.56 Å². The van der Waals surface area contributed by atoms with E-state index in [-0.39, 0.29) is 0 Å². The molecule has 0 heterocycles. The van der Waals surface area contributed by atoms with Crippen LogP contribution in [0.2, 0.25) is 13.1 Å². The van der Waals surface area contributed by atoms with Gasteiger partial charge in [-0.2, -0.15) is 0 Å². The lowest BCUT2D eigenvalue weighted by atomic mass is 10.1. The van der Waals surface area contributed by atoms with Crippen LogP contribution >= 0.6 is 0 Å². The van der Waals surface area contributed by atoms with Gasteiger partial charge in [0.15, 0.2) is 0 Å². The van der Waals surface area contributed by atoms with Gasteiger partial charge in [0.2, 0.25) is 0 Å². The molecule has 2 heteroatoms. The van der Waals surface area contributed by atoms with Crippen LogP contribution in [-0.2, 0) is 0 Å². The summed E-state index contributed by atoms with van der Waals surface area (Å²) >= 11 is 0. The number of phenols is 1. The average molecular weight is 301 g/mol. The molecule has 21 heavy (non-hydrogen) atoms. The number of aryl methyl sites for hydroxylation is 2. The molecule has 0 spiro atoms. The van der Waals surface area contributed by atoms with Gasteiger partial charge in [-0.25, -0.2) is 0 Å². The number of phenolic OH excluding ortho intramolecular Hbond substituents is 1. The summed E-state index contributed by atoms with van der Waals surface area (Å²) in [5.74, 6) is 1.01. The van der Waals surface area contributed by atoms with Gasteiger partial charge in [0.05, 0.1) is 0 Å². The smallest absolute Gasteiger partial charge is 0.118 e. The zero-order chi connectivity index (χ0) is 16.1. The van der Waals surface area contributed by atoms with Gasteiger partial charge < -0.3 is 5.11 Å². The molecule has 1 aromatic rings. The predicted octanol–water partition coefficient (Wildman–Crippen LogP) is 4.77. The second-order valence-corrected chi connectivity index (χ2v) is 11.5. The Morgan fingerprint density at radius 3 is 2.00 bits per heavy atom. The van der Waals surface area contributed by atoms with Crippen molar-refractivity contribution in [2.45, 2.75) is 54.6 Å². The molecule has 1 unspecified atom stereocenters. The first-order chi connectivity index (χ1) is 9.59. The molecular weight excluding hydrogens is 272 g/mol. The van der Waals surface area contributed by atoms with Gasteiger partial charge >= 0.3 is 0 Å². The van der Waals surface area contributed by atoms with Crippen LogP contribution in [0.3, 0.4) is 0 Å². The minimum Gasteiger partial charge on any atom is -0.508 e. The second-order valence-electron chi connectivity index (χ2n) is 7.17. The molecular formula is C19H28OSi. The van der Waals surface area contributed by atoms with Crippen molar-refractivity contribution >= 4 is 13.3 Å². The van der Waals surface area contributed by atoms with Gasteiger partial charge in [0, 0.05) is 0 Å². The summed E-state index contributed by atoms with van der Waals surface area (Å²) in [6, 6.07) is 4.27. The summed E-state index contributed by atoms with van der Waals surface area (Å²) in [7, 11) is -1.88. The third-order valence-corrected chi connectivity index (χ3v) is 9.31. The van der Waals surface area contributed by atoms with E-state index in [2.05, 4.69) is 59.8 Å². The predicted molar refractivity (Wildman–Crippen MR) is 94.9 cm³/mol. The first-order valence-electron chi connectivity index (χ1n) is 7.78. The lowest BCUT2D eigenvalue weighted by Gasteiger charge is -2.31. The first kappa shape index (κ1) is 16.1. The molecule has 0 aliphatic heterocycles. The molecule has 0 saturated heterocycles. The fourth-order valence-corrected chi connectivity index (χ4v) is 8.05. The van der Waals surface area contributed by atoms with Crippen molar-refractivity contribution in [2.24, 2.45) is 5.92 Å². The lowest BCUT2D eigenvalue weighted by molar-refractivity contribution is 0.475. The Morgan fingerprint density at radius 1 is 0.952 bits per heavy atom. The average Bonchev–Trinajstić information content (AvgIpc) is 2.58. The molecule has 1 nitrogen and oxygen atoms in total. The zero-order valence-electron chi connectivity index (χ0n) is 14.7. The van der Waals surface area contributed by atoms with Crippen molar-refractivity contribution in [3.63, 3.8) is 0 Å². The maximum atomic E-state index is 10.6. The Morgan fingerprint density at radius 2 is 1.52 bits per heavy atom. The summed E-state index contributed by atoms with van der Waals surface area (Å²) < 4.78 is 0. The van der Waals surface area contributed by atoms with Gasteiger partial charge in [-0.3, -0.25) is 0 Å². The minimum atomic E-state index is -1.88. The van der Waals surface area contributed by atoms with E-state index in [4.69, 9.17) is 0 Å². The molecule has 2 rings (SSSR count). The van der Waals surface area contributed by atoms with Crippen LogP contribution < -0.4 is 5.19 Å². The number of allylic oxidation sites excluding steroid dienone is 4. The molecule has 1 aliphatic carbocycles. The maximum absolute atomic E-state index is 10.6. The molecule has 0 saturated carbocycles. The number of hydrogen-bond acceptors (Lipinski definition) is 1. The Bertz CT molecular complexity index is 662.